The Morgan fingerprint density at radius 3 is 2.21 bits per heavy atom. The molecule has 2 aromatic rings. The van der Waals surface area contributed by atoms with Crippen LogP contribution in [0.2, 0.25) is 0 Å². The number of benzene rings is 2. The molecule has 2 nitrogen and oxygen atoms in total. The van der Waals surface area contributed by atoms with Gasteiger partial charge in [-0.05, 0) is 109 Å². The summed E-state index contributed by atoms with van der Waals surface area (Å²) in [7, 11) is 0. The van der Waals surface area contributed by atoms with E-state index in [1.165, 1.54) is 50.2 Å². The third-order valence-electron chi connectivity index (χ3n) is 12.9. The van der Waals surface area contributed by atoms with Gasteiger partial charge in [0, 0.05) is 19.3 Å². The van der Waals surface area contributed by atoms with Gasteiger partial charge in [0.25, 0.3) is 0 Å². The lowest BCUT2D eigenvalue weighted by Gasteiger charge is -2.64. The summed E-state index contributed by atoms with van der Waals surface area (Å²) in [6, 6.07) is 21.9. The second kappa shape index (κ2) is 11.8. The summed E-state index contributed by atoms with van der Waals surface area (Å²) >= 11 is 7.55. The first kappa shape index (κ1) is 30.0. The molecule has 0 saturated heterocycles. The summed E-state index contributed by atoms with van der Waals surface area (Å²) < 4.78 is 5.68. The molecule has 0 N–H and O–H groups in total. The molecule has 4 saturated carbocycles. The third-order valence-corrected chi connectivity index (χ3v) is 13.7. The fraction of sp³-hybridized carbons (Fsp3) is 0.615. The van der Waals surface area contributed by atoms with Gasteiger partial charge in [0.1, 0.15) is 6.10 Å². The molecule has 0 aliphatic heterocycles. The number of fused-ring (bicyclic) bond motifs is 5. The summed E-state index contributed by atoms with van der Waals surface area (Å²) in [5.41, 5.74) is 3.31. The highest BCUT2D eigenvalue weighted by molar-refractivity contribution is 6.24. The number of carbonyl (C=O) groups is 1. The second-order valence-electron chi connectivity index (χ2n) is 14.9. The van der Waals surface area contributed by atoms with Crippen LogP contribution >= 0.6 is 11.6 Å². The van der Waals surface area contributed by atoms with Crippen molar-refractivity contribution in [2.75, 3.05) is 0 Å². The molecule has 4 aliphatic carbocycles. The van der Waals surface area contributed by atoms with Gasteiger partial charge in [0.15, 0.2) is 0 Å². The molecule has 4 fully saturated rings. The third kappa shape index (κ3) is 5.29. The van der Waals surface area contributed by atoms with E-state index in [2.05, 4.69) is 93.6 Å². The highest BCUT2D eigenvalue weighted by Gasteiger charge is 2.64. The van der Waals surface area contributed by atoms with E-state index in [1.807, 2.05) is 0 Å². The monoisotopic (exact) mass is 586 g/mol. The van der Waals surface area contributed by atoms with Crippen molar-refractivity contribution in [2.45, 2.75) is 109 Å². The maximum absolute atomic E-state index is 11.7. The van der Waals surface area contributed by atoms with Crippen LogP contribution in [0.15, 0.2) is 72.8 Å². The molecule has 4 aliphatic rings. The van der Waals surface area contributed by atoms with Gasteiger partial charge >= 0.3 is 5.97 Å². The Morgan fingerprint density at radius 1 is 0.905 bits per heavy atom. The van der Waals surface area contributed by atoms with Crippen molar-refractivity contribution in [1.82, 2.24) is 0 Å². The van der Waals surface area contributed by atoms with E-state index in [-0.39, 0.29) is 22.4 Å². The number of ether oxygens (including phenoxy) is 1. The zero-order valence-corrected chi connectivity index (χ0v) is 27.0. The fourth-order valence-electron chi connectivity index (χ4n) is 10.8. The molecule has 0 spiro atoms. The minimum Gasteiger partial charge on any atom is -0.462 e. The van der Waals surface area contributed by atoms with E-state index in [1.54, 1.807) is 0 Å². The Bertz CT molecular complexity index is 1220. The van der Waals surface area contributed by atoms with Gasteiger partial charge in [-0.1, -0.05) is 93.6 Å². The number of esters is 1. The first-order valence-corrected chi connectivity index (χ1v) is 17.1. The van der Waals surface area contributed by atoms with Crippen molar-refractivity contribution < 1.29 is 9.53 Å². The molecule has 0 heterocycles. The molecule has 0 bridgehead atoms. The van der Waals surface area contributed by atoms with Gasteiger partial charge in [0.05, 0.1) is 4.87 Å². The maximum Gasteiger partial charge on any atom is 0.302 e. The Balaban J connectivity index is 1.15. The van der Waals surface area contributed by atoms with Crippen molar-refractivity contribution >= 4 is 17.6 Å². The molecule has 6 rings (SSSR count). The van der Waals surface area contributed by atoms with E-state index in [4.69, 9.17) is 16.3 Å². The van der Waals surface area contributed by atoms with Crippen LogP contribution in [0.1, 0.15) is 109 Å². The molecule has 0 amide bonds. The van der Waals surface area contributed by atoms with Crippen LogP contribution in [0.5, 0.6) is 0 Å². The molecule has 226 valence electrons. The van der Waals surface area contributed by atoms with Crippen LogP contribution in [0.25, 0.3) is 0 Å². The molecule has 0 aromatic heterocycles. The lowest BCUT2D eigenvalue weighted by Crippen LogP contribution is -2.60. The molecule has 9 atom stereocenters. The molecular weight excluding hydrogens is 536 g/mol. The zero-order chi connectivity index (χ0) is 29.5. The predicted octanol–water partition coefficient (Wildman–Crippen LogP) is 10.4. The van der Waals surface area contributed by atoms with Crippen LogP contribution in [-0.4, -0.2) is 16.9 Å². The summed E-state index contributed by atoms with van der Waals surface area (Å²) in [6.07, 6.45) is 16.7. The van der Waals surface area contributed by atoms with Crippen LogP contribution < -0.4 is 0 Å². The fourth-order valence-corrected chi connectivity index (χ4v) is 11.3. The highest BCUT2D eigenvalue weighted by atomic mass is 35.5. The lowest BCUT2D eigenvalue weighted by molar-refractivity contribution is -0.157. The number of hydrogen-bond donors (Lipinski definition) is 0. The van der Waals surface area contributed by atoms with Gasteiger partial charge in [0.2, 0.25) is 0 Å². The van der Waals surface area contributed by atoms with Crippen LogP contribution in [-0.2, 0) is 9.53 Å². The van der Waals surface area contributed by atoms with Crippen molar-refractivity contribution in [3.05, 3.63) is 83.9 Å². The Kier molecular flexibility index (Phi) is 8.42. The molecule has 3 heteroatoms. The molecule has 0 radical (unpaired) electrons. The number of carbonyl (C=O) groups excluding carboxylic acids is 1. The minimum absolute atomic E-state index is 0.00775. The number of alkyl halides is 1. The first-order valence-electron chi connectivity index (χ1n) is 16.8. The molecule has 42 heavy (non-hydrogen) atoms. The van der Waals surface area contributed by atoms with Crippen molar-refractivity contribution in [1.29, 1.82) is 0 Å². The Labute approximate surface area is 259 Å². The average Bonchev–Trinajstić information content (AvgIpc) is 3.34. The van der Waals surface area contributed by atoms with Gasteiger partial charge in [-0.25, -0.2) is 0 Å². The van der Waals surface area contributed by atoms with Crippen LogP contribution in [0.3, 0.4) is 0 Å². The minimum atomic E-state index is -0.232. The number of halogens is 1. The van der Waals surface area contributed by atoms with Gasteiger partial charge < -0.3 is 4.74 Å². The largest absolute Gasteiger partial charge is 0.462 e. The normalized spacial score (nSPS) is 38.5. The van der Waals surface area contributed by atoms with E-state index in [0.717, 1.165) is 49.9 Å². The Hall–Kier alpha value is -2.06. The lowest BCUT2D eigenvalue weighted by atomic mass is 9.44. The number of rotatable bonds is 7. The molecular formula is C39H51ClO2. The van der Waals surface area contributed by atoms with Gasteiger partial charge in [-0.3, -0.25) is 4.79 Å². The van der Waals surface area contributed by atoms with E-state index >= 15 is 0 Å². The van der Waals surface area contributed by atoms with E-state index in [9.17, 15) is 4.79 Å². The predicted molar refractivity (Wildman–Crippen MR) is 174 cm³/mol. The van der Waals surface area contributed by atoms with Gasteiger partial charge in [-0.2, -0.15) is 0 Å². The number of allylic oxidation sites excluding steroid dienone is 2. The van der Waals surface area contributed by atoms with Crippen molar-refractivity contribution in [3.8, 4) is 0 Å². The smallest absolute Gasteiger partial charge is 0.302 e. The topological polar surface area (TPSA) is 26.3 Å². The van der Waals surface area contributed by atoms with Crippen LogP contribution in [0, 0.1) is 40.4 Å². The first-order chi connectivity index (χ1) is 20.1. The average molecular weight is 587 g/mol. The van der Waals surface area contributed by atoms with Crippen LogP contribution in [0.4, 0.5) is 0 Å². The quantitative estimate of drug-likeness (QED) is 0.183. The molecule has 2 aromatic carbocycles. The maximum atomic E-state index is 11.7. The number of hydrogen-bond acceptors (Lipinski definition) is 2. The Morgan fingerprint density at radius 2 is 1.57 bits per heavy atom. The van der Waals surface area contributed by atoms with Crippen molar-refractivity contribution in [2.24, 2.45) is 40.4 Å². The molecule has 0 unspecified atom stereocenters. The standard InChI is InChI=1S/C39H51ClO2/c1-27(12-11-17-32(29-13-7-5-8-14-29)30-15-9-6-10-16-30)34-18-19-35-33-21-25-39(40)26-31(42-28(2)41)20-24-38(39,4)36(33)22-23-37(34,35)3/h5-11,13-17,27,31-36H,12,18-26H2,1-4H3/t27-,31-,33-,34-,35+,36+,37+,38+,39-/m0/s1. The second-order valence-corrected chi connectivity index (χ2v) is 15.7. The summed E-state index contributed by atoms with van der Waals surface area (Å²) in [4.78, 5) is 11.5. The summed E-state index contributed by atoms with van der Waals surface area (Å²) in [5, 5.41) is 0. The summed E-state index contributed by atoms with van der Waals surface area (Å²) in [6.45, 7) is 9.22. The van der Waals surface area contributed by atoms with Crippen molar-refractivity contribution in [3.63, 3.8) is 0 Å². The van der Waals surface area contributed by atoms with Gasteiger partial charge in [-0.15, -0.1) is 11.6 Å². The summed E-state index contributed by atoms with van der Waals surface area (Å²) in [5.74, 6) is 3.92. The SMILES string of the molecule is CC(=O)O[C@H]1CC[C@]2(C)[C@@H]3CC[C@@]4(C)[C@H](CC[C@H]4[C@@H](C)CC=CC(c4ccccc4)c4ccccc4)[C@@H]3CC[C@]2(Cl)C1. The highest BCUT2D eigenvalue weighted by Crippen LogP contribution is 2.70. The van der Waals surface area contributed by atoms with E-state index < -0.39 is 0 Å². The van der Waals surface area contributed by atoms with E-state index in [0.29, 0.717) is 23.2 Å². The zero-order valence-electron chi connectivity index (χ0n) is 26.2.